The van der Waals surface area contributed by atoms with Crippen molar-refractivity contribution < 1.29 is 47.9 Å². The zero-order valence-electron chi connectivity index (χ0n) is 71.3. The maximum absolute atomic E-state index is 14.1. The zero-order chi connectivity index (χ0) is 87.3. The Hall–Kier alpha value is -13.7. The summed E-state index contributed by atoms with van der Waals surface area (Å²) in [5.41, 5.74) is 21.4. The number of nitrogens with two attached hydrogens (primary N) is 1. The maximum Gasteiger partial charge on any atom is 0.253 e. The lowest BCUT2D eigenvalue weighted by Crippen LogP contribution is -2.57. The molecule has 0 spiro atoms. The summed E-state index contributed by atoms with van der Waals surface area (Å²) in [5.74, 6) is -1.34. The number of aromatic nitrogens is 8. The fourth-order valence-electron chi connectivity index (χ4n) is 14.4. The maximum atomic E-state index is 14.1. The van der Waals surface area contributed by atoms with E-state index in [4.69, 9.17) is 25.7 Å². The van der Waals surface area contributed by atoms with Crippen LogP contribution in [0.1, 0.15) is 94.8 Å². The first-order valence-electron chi connectivity index (χ1n) is 40.8. The zero-order valence-corrected chi connectivity index (χ0v) is 71.3. The Bertz CT molecular complexity index is 5830. The van der Waals surface area contributed by atoms with E-state index in [0.717, 1.165) is 102 Å². The minimum absolute atomic E-state index is 0.0958. The van der Waals surface area contributed by atoms with Gasteiger partial charge in [0.1, 0.15) is 41.4 Å². The number of amides is 10. The van der Waals surface area contributed by atoms with Crippen LogP contribution in [0.25, 0.3) is 112 Å². The van der Waals surface area contributed by atoms with E-state index in [1.54, 1.807) is 72.4 Å². The van der Waals surface area contributed by atoms with Crippen molar-refractivity contribution in [3.05, 3.63) is 192 Å². The van der Waals surface area contributed by atoms with Crippen LogP contribution in [0, 0.1) is 0 Å². The predicted octanol–water partition coefficient (Wildman–Crippen LogP) is 9.88. The van der Waals surface area contributed by atoms with Gasteiger partial charge in [-0.05, 0) is 194 Å². The topological polar surface area (TPSA) is 365 Å². The molecule has 0 aliphatic heterocycles. The van der Waals surface area contributed by atoms with Gasteiger partial charge in [0.25, 0.3) is 23.6 Å². The largest absolute Gasteiger partial charge is 0.368 e. The second-order valence-corrected chi connectivity index (χ2v) is 31.7. The Balaban J connectivity index is 0.554. The number of hydrogen-bond acceptors (Lipinski definition) is 16. The summed E-state index contributed by atoms with van der Waals surface area (Å²) in [7, 11) is 15.5. The number of likely N-dealkylation sites (N-methyl/N-ethyl adjacent to an activating group) is 5. The van der Waals surface area contributed by atoms with E-state index < -0.39 is 54.2 Å². The number of fused-ring (bicyclic) bond motifs is 4. The van der Waals surface area contributed by atoms with Crippen LogP contribution in [0.3, 0.4) is 0 Å². The second-order valence-electron chi connectivity index (χ2n) is 31.7. The van der Waals surface area contributed by atoms with E-state index in [-0.39, 0.29) is 49.2 Å². The number of nitrogens with one attached hydrogen (secondary N) is 6. The molecular weight excluding hydrogens is 1550 g/mol. The highest BCUT2D eigenvalue weighted by molar-refractivity contribution is 5.99. The van der Waals surface area contributed by atoms with Gasteiger partial charge in [-0.2, -0.15) is 0 Å². The third-order valence-electron chi connectivity index (χ3n) is 22.3. The molecule has 10 amide bonds. The standard InChI is InChI=1S/C92H106N20O10/c1-56(108(11)81(115)55-111(59(4)113)46-16-14-44-106(9)91(121)66-30-22-62(23-31-66)84-98-74-40-36-70(52-78(74)102-84)68-34-38-72-76(50-68)100-82(96-72)60-18-26-64(27-19-60)86(116)94-42-48-104(5)6)88(118)109(12)57(2)89(119)110(13)58(3)90(120)112(54-80(93)114)47-17-15-45-107(10)92(122)67-32-24-63(25-33-67)85-99-75-41-37-71(53-79(75)103-85)69-35-39-73-77(51-69)101-83(97-73)61-20-28-65(29-21-61)87(117)95-43-49-105(7)8/h18-41,50-53,56-58H,14-17,42-49,54-55H2,1-13H3,(H2,93,114)(H,94,116)(H,95,117)(H,96,100)(H,97,101)(H,98,102)(H,99,103)/t56-,57-,58-/m0/s1. The molecular formula is C92H106N20O10. The van der Waals surface area contributed by atoms with Crippen LogP contribution in [0.4, 0.5) is 0 Å². The average Bonchev–Trinajstić information content (AvgIpc) is 1.65. The van der Waals surface area contributed by atoms with Gasteiger partial charge in [-0.25, -0.2) is 19.9 Å². The Morgan fingerprint density at radius 1 is 0.344 bits per heavy atom. The van der Waals surface area contributed by atoms with Crippen LogP contribution in [-0.2, 0) is 28.8 Å². The highest BCUT2D eigenvalue weighted by Crippen LogP contribution is 2.33. The number of rotatable bonds is 36. The van der Waals surface area contributed by atoms with Crippen molar-refractivity contribution in [2.24, 2.45) is 5.73 Å². The molecule has 0 bridgehead atoms. The lowest BCUT2D eigenvalue weighted by Gasteiger charge is -2.35. The van der Waals surface area contributed by atoms with E-state index >= 15 is 0 Å². The molecule has 0 aliphatic rings. The number of imidazole rings is 4. The third-order valence-corrected chi connectivity index (χ3v) is 22.3. The fourth-order valence-corrected chi connectivity index (χ4v) is 14.4. The Morgan fingerprint density at radius 2 is 0.631 bits per heavy atom. The van der Waals surface area contributed by atoms with Gasteiger partial charge in [0.15, 0.2) is 0 Å². The first-order chi connectivity index (χ1) is 58.4. The van der Waals surface area contributed by atoms with Gasteiger partial charge in [0.2, 0.25) is 35.4 Å². The van der Waals surface area contributed by atoms with Gasteiger partial charge in [-0.1, -0.05) is 72.8 Å². The second kappa shape index (κ2) is 39.0. The van der Waals surface area contributed by atoms with E-state index in [0.29, 0.717) is 97.4 Å². The van der Waals surface area contributed by atoms with Crippen molar-refractivity contribution in [3.8, 4) is 67.8 Å². The lowest BCUT2D eigenvalue weighted by atomic mass is 10.0. The van der Waals surface area contributed by atoms with Crippen molar-refractivity contribution in [1.29, 1.82) is 0 Å². The summed E-state index contributed by atoms with van der Waals surface area (Å²) < 4.78 is 0. The van der Waals surface area contributed by atoms with Crippen LogP contribution in [-0.4, -0.2) is 290 Å². The molecule has 0 fully saturated rings. The molecule has 30 heteroatoms. The lowest BCUT2D eigenvalue weighted by molar-refractivity contribution is -0.152. The predicted molar refractivity (Wildman–Crippen MR) is 473 cm³/mol. The van der Waals surface area contributed by atoms with Gasteiger partial charge in [-0.15, -0.1) is 0 Å². The highest BCUT2D eigenvalue weighted by atomic mass is 16.2. The van der Waals surface area contributed by atoms with Crippen molar-refractivity contribution in [1.82, 2.24) is 94.6 Å². The first kappa shape index (κ1) is 87.6. The first-order valence-corrected chi connectivity index (χ1v) is 40.8. The van der Waals surface area contributed by atoms with Gasteiger partial charge in [0, 0.05) is 139 Å². The molecule has 3 atom stereocenters. The smallest absolute Gasteiger partial charge is 0.253 e. The summed E-state index contributed by atoms with van der Waals surface area (Å²) in [6, 6.07) is 50.0. The van der Waals surface area contributed by atoms with Crippen LogP contribution in [0.15, 0.2) is 170 Å². The number of carbonyl (C=O) groups excluding carboxylic acids is 10. The van der Waals surface area contributed by atoms with E-state index in [2.05, 4.69) is 30.6 Å². The van der Waals surface area contributed by atoms with E-state index in [1.165, 1.54) is 73.3 Å². The quantitative estimate of drug-likeness (QED) is 0.0180. The van der Waals surface area contributed by atoms with Crippen molar-refractivity contribution >= 4 is 103 Å². The minimum Gasteiger partial charge on any atom is -0.368 e. The molecule has 0 aliphatic carbocycles. The molecule has 30 nitrogen and oxygen atoms in total. The van der Waals surface area contributed by atoms with Crippen molar-refractivity contribution in [3.63, 3.8) is 0 Å². The number of benzene rings is 8. The van der Waals surface area contributed by atoms with Gasteiger partial charge in [-0.3, -0.25) is 47.9 Å². The van der Waals surface area contributed by atoms with Crippen LogP contribution in [0.5, 0.6) is 0 Å². The summed E-state index contributed by atoms with van der Waals surface area (Å²) in [6.07, 6.45) is 1.83. The monoisotopic (exact) mass is 1650 g/mol. The minimum atomic E-state index is -1.10. The van der Waals surface area contributed by atoms with Crippen LogP contribution in [0.2, 0.25) is 0 Å². The summed E-state index contributed by atoms with van der Waals surface area (Å²) in [4.78, 5) is 181. The van der Waals surface area contributed by atoms with E-state index in [1.807, 2.05) is 159 Å². The Morgan fingerprint density at radius 3 is 0.943 bits per heavy atom. The normalized spacial score (nSPS) is 12.2. The molecule has 0 radical (unpaired) electrons. The number of hydrogen-bond donors (Lipinski definition) is 7. The molecule has 8 N–H and O–H groups in total. The molecule has 0 unspecified atom stereocenters. The average molecular weight is 1650 g/mol. The molecule has 4 aromatic heterocycles. The number of H-pyrrole nitrogens is 4. The molecule has 0 saturated heterocycles. The molecule has 12 rings (SSSR count). The van der Waals surface area contributed by atoms with Crippen molar-refractivity contribution in [2.75, 3.05) is 129 Å². The number of primary amides is 1. The fraction of sp³-hybridized carbons (Fsp3) is 0.326. The van der Waals surface area contributed by atoms with Crippen LogP contribution >= 0.6 is 0 Å². The molecule has 634 valence electrons. The number of unbranched alkanes of at least 4 members (excludes halogenated alkanes) is 2. The Labute approximate surface area is 708 Å². The SMILES string of the molecule is CC(=O)N(CCCCN(C)C(=O)c1ccc(-c2nc3cc(-c4ccc5[nH]c(-c6ccc(C(=O)NCCN(C)C)cc6)nc5c4)ccc3[nH]2)cc1)CC(=O)N(C)[C@@H](C)C(=O)N(C)[C@@H](C)C(=O)N(C)[C@@H](C)C(=O)N(CCCCN(C)C(=O)c1ccc(-c2nc3cc(-c4ccc5[nH]c(-c6ccc(C(=O)NCCN(C)C)cc6)nc5c4)ccc3[nH]2)cc1)CC(N)=O. The summed E-state index contributed by atoms with van der Waals surface area (Å²) in [5, 5.41) is 5.88. The number of carbonyl (C=O) groups is 10. The van der Waals surface area contributed by atoms with Gasteiger partial charge in [0.05, 0.1) is 57.2 Å². The summed E-state index contributed by atoms with van der Waals surface area (Å²) in [6.45, 7) is 8.76. The third kappa shape index (κ3) is 21.1. The van der Waals surface area contributed by atoms with Gasteiger partial charge < -0.3 is 80.4 Å². The molecule has 4 heterocycles. The molecule has 122 heavy (non-hydrogen) atoms. The van der Waals surface area contributed by atoms with Crippen LogP contribution < -0.4 is 16.4 Å². The molecule has 12 aromatic rings. The number of nitrogens with zero attached hydrogens (tertiary/aromatic N) is 13. The Kier molecular flexibility index (Phi) is 28.0. The van der Waals surface area contributed by atoms with Gasteiger partial charge >= 0.3 is 0 Å². The molecule has 0 saturated carbocycles. The summed E-state index contributed by atoms with van der Waals surface area (Å²) >= 11 is 0. The number of aromatic amines is 4. The van der Waals surface area contributed by atoms with Crippen molar-refractivity contribution in [2.45, 2.75) is 71.5 Å². The molecule has 8 aromatic carbocycles. The highest BCUT2D eigenvalue weighted by Gasteiger charge is 2.36. The van der Waals surface area contributed by atoms with E-state index in [9.17, 15) is 47.9 Å².